The number of aliphatic imine (C=N–C) groups is 1. The fourth-order valence-corrected chi connectivity index (χ4v) is 2.45. The van der Waals surface area contributed by atoms with Crippen molar-refractivity contribution in [1.82, 2.24) is 5.32 Å². The molecule has 1 aliphatic rings. The number of hydrogen-bond acceptors (Lipinski definition) is 5. The van der Waals surface area contributed by atoms with Crippen molar-refractivity contribution in [2.45, 2.75) is 32.4 Å². The largest absolute Gasteiger partial charge is 0.508 e. The molecule has 1 aliphatic heterocycles. The van der Waals surface area contributed by atoms with Crippen LogP contribution in [0.1, 0.15) is 25.8 Å². The molecule has 2 unspecified atom stereocenters. The molecule has 0 bridgehead atoms. The quantitative estimate of drug-likeness (QED) is 0.856. The normalized spacial score (nSPS) is 20.7. The van der Waals surface area contributed by atoms with E-state index < -0.39 is 24.2 Å². The molecule has 23 heavy (non-hydrogen) atoms. The van der Waals surface area contributed by atoms with Crippen molar-refractivity contribution >= 4 is 29.5 Å². The molecule has 2 atom stereocenters. The zero-order valence-corrected chi connectivity index (χ0v) is 14.0. The summed E-state index contributed by atoms with van der Waals surface area (Å²) in [7, 11) is 1.20. The van der Waals surface area contributed by atoms with Crippen molar-refractivity contribution in [1.29, 1.82) is 0 Å². The molecule has 0 radical (unpaired) electrons. The summed E-state index contributed by atoms with van der Waals surface area (Å²) in [5, 5.41) is 3.27. The molecule has 1 aromatic carbocycles. The van der Waals surface area contributed by atoms with Crippen molar-refractivity contribution in [3.63, 3.8) is 0 Å². The van der Waals surface area contributed by atoms with Gasteiger partial charge in [-0.2, -0.15) is 0 Å². The van der Waals surface area contributed by atoms with Gasteiger partial charge in [0, 0.05) is 10.6 Å². The molecule has 124 valence electrons. The Labute approximate surface area is 139 Å². The lowest BCUT2D eigenvalue weighted by molar-refractivity contribution is -0.131. The topological polar surface area (TPSA) is 77.0 Å². The molecule has 0 spiro atoms. The number of amidine groups is 1. The second-order valence-corrected chi connectivity index (χ2v) is 6.10. The Balaban J connectivity index is 2.30. The Hall–Kier alpha value is -2.08. The highest BCUT2D eigenvalue weighted by Crippen LogP contribution is 2.20. The number of halogens is 1. The van der Waals surface area contributed by atoms with Gasteiger partial charge in [-0.15, -0.1) is 0 Å². The summed E-state index contributed by atoms with van der Waals surface area (Å²) in [6.07, 6.45) is -1.29. The number of carbonyl (C=O) groups excluding carboxylic acids is 2. The highest BCUT2D eigenvalue weighted by molar-refractivity contribution is 6.30. The molecule has 0 aliphatic carbocycles. The van der Waals surface area contributed by atoms with Crippen molar-refractivity contribution in [2.75, 3.05) is 7.11 Å². The molecule has 0 saturated carbocycles. The summed E-state index contributed by atoms with van der Waals surface area (Å²) < 4.78 is 9.54. The third-order valence-electron chi connectivity index (χ3n) is 3.36. The molecular formula is C16H19ClN2O4. The molecule has 6 nitrogen and oxygen atoms in total. The number of carbonyl (C=O) groups is 2. The second kappa shape index (κ2) is 7.46. The average Bonchev–Trinajstić information content (AvgIpc) is 2.50. The van der Waals surface area contributed by atoms with E-state index in [0.717, 1.165) is 5.56 Å². The standard InChI is InChI=1S/C16H19ClN2O4/c1-9(2)8-12-13(23-16(21)22-3)15(20)19-14(18-12)10-4-6-11(17)7-5-10/h4-7,9,12-13H,8H2,1-3H3,(H,18,19,20). The molecule has 1 amide bonds. The lowest BCUT2D eigenvalue weighted by Crippen LogP contribution is -2.52. The number of methoxy groups -OCH3 is 1. The lowest BCUT2D eigenvalue weighted by atomic mass is 9.97. The number of ether oxygens (including phenoxy) is 2. The van der Waals surface area contributed by atoms with Crippen LogP contribution in [0.3, 0.4) is 0 Å². The van der Waals surface area contributed by atoms with Gasteiger partial charge in [-0.25, -0.2) is 4.79 Å². The van der Waals surface area contributed by atoms with Gasteiger partial charge in [0.15, 0.2) is 0 Å². The Morgan fingerprint density at radius 2 is 2.00 bits per heavy atom. The maximum Gasteiger partial charge on any atom is 0.508 e. The molecule has 2 rings (SSSR count). The Kier molecular flexibility index (Phi) is 5.60. The minimum Gasteiger partial charge on any atom is -0.438 e. The van der Waals surface area contributed by atoms with Crippen LogP contribution in [0.5, 0.6) is 0 Å². The SMILES string of the molecule is COC(=O)OC1C(=O)NC(c2ccc(Cl)cc2)=NC1CC(C)C. The van der Waals surface area contributed by atoms with E-state index in [4.69, 9.17) is 16.3 Å². The number of hydrogen-bond donors (Lipinski definition) is 1. The van der Waals surface area contributed by atoms with Gasteiger partial charge in [-0.3, -0.25) is 9.79 Å². The van der Waals surface area contributed by atoms with Crippen LogP contribution in [0, 0.1) is 5.92 Å². The predicted octanol–water partition coefficient (Wildman–Crippen LogP) is 2.78. The summed E-state index contributed by atoms with van der Waals surface area (Å²) >= 11 is 5.87. The molecule has 1 heterocycles. The van der Waals surface area contributed by atoms with Crippen molar-refractivity contribution in [2.24, 2.45) is 10.9 Å². The maximum absolute atomic E-state index is 12.3. The van der Waals surface area contributed by atoms with E-state index in [2.05, 4.69) is 15.0 Å². The summed E-state index contributed by atoms with van der Waals surface area (Å²) in [6.45, 7) is 4.03. The van der Waals surface area contributed by atoms with E-state index in [9.17, 15) is 9.59 Å². The summed E-state index contributed by atoms with van der Waals surface area (Å²) in [5.74, 6) is 0.313. The van der Waals surface area contributed by atoms with E-state index in [0.29, 0.717) is 17.3 Å². The smallest absolute Gasteiger partial charge is 0.438 e. The summed E-state index contributed by atoms with van der Waals surface area (Å²) in [4.78, 5) is 28.2. The van der Waals surface area contributed by atoms with Gasteiger partial charge in [0.05, 0.1) is 13.2 Å². The van der Waals surface area contributed by atoms with E-state index >= 15 is 0 Å². The summed E-state index contributed by atoms with van der Waals surface area (Å²) in [6, 6.07) is 6.53. The van der Waals surface area contributed by atoms with Crippen molar-refractivity contribution in [3.8, 4) is 0 Å². The first-order valence-electron chi connectivity index (χ1n) is 7.30. The van der Waals surface area contributed by atoms with Crippen molar-refractivity contribution < 1.29 is 19.1 Å². The Morgan fingerprint density at radius 3 is 2.57 bits per heavy atom. The van der Waals surface area contributed by atoms with Crippen LogP contribution in [0.2, 0.25) is 5.02 Å². The van der Waals surface area contributed by atoms with Crippen molar-refractivity contribution in [3.05, 3.63) is 34.9 Å². The van der Waals surface area contributed by atoms with Crippen LogP contribution in [0.4, 0.5) is 4.79 Å². The van der Waals surface area contributed by atoms with Gasteiger partial charge in [-0.1, -0.05) is 25.4 Å². The van der Waals surface area contributed by atoms with Crippen LogP contribution in [0.25, 0.3) is 0 Å². The Bertz CT molecular complexity index is 613. The van der Waals surface area contributed by atoms with Crippen LogP contribution < -0.4 is 5.32 Å². The first kappa shape index (κ1) is 17.3. The fourth-order valence-electron chi connectivity index (χ4n) is 2.33. The van der Waals surface area contributed by atoms with E-state index in [1.165, 1.54) is 7.11 Å². The minimum absolute atomic E-state index is 0.282. The zero-order chi connectivity index (χ0) is 17.0. The third kappa shape index (κ3) is 4.45. The molecule has 7 heteroatoms. The van der Waals surface area contributed by atoms with Crippen LogP contribution in [-0.4, -0.2) is 37.2 Å². The third-order valence-corrected chi connectivity index (χ3v) is 3.62. The maximum atomic E-state index is 12.3. The second-order valence-electron chi connectivity index (χ2n) is 5.66. The monoisotopic (exact) mass is 338 g/mol. The van der Waals surface area contributed by atoms with Crippen LogP contribution >= 0.6 is 11.6 Å². The van der Waals surface area contributed by atoms with Gasteiger partial charge in [0.2, 0.25) is 6.10 Å². The zero-order valence-electron chi connectivity index (χ0n) is 13.2. The minimum atomic E-state index is -0.999. The van der Waals surface area contributed by atoms with Gasteiger partial charge < -0.3 is 14.8 Å². The molecule has 0 aromatic heterocycles. The molecule has 0 fully saturated rings. The van der Waals surface area contributed by atoms with Gasteiger partial charge in [0.25, 0.3) is 5.91 Å². The lowest BCUT2D eigenvalue weighted by Gasteiger charge is -2.29. The molecule has 1 aromatic rings. The van der Waals surface area contributed by atoms with E-state index in [-0.39, 0.29) is 5.92 Å². The number of nitrogens with one attached hydrogen (secondary N) is 1. The first-order valence-corrected chi connectivity index (χ1v) is 7.67. The highest BCUT2D eigenvalue weighted by Gasteiger charge is 2.37. The Morgan fingerprint density at radius 1 is 1.35 bits per heavy atom. The number of benzene rings is 1. The molecule has 1 N–H and O–H groups in total. The molecule has 0 saturated heterocycles. The van der Waals surface area contributed by atoms with Gasteiger partial charge >= 0.3 is 6.16 Å². The number of rotatable bonds is 4. The van der Waals surface area contributed by atoms with Crippen LogP contribution in [0.15, 0.2) is 29.3 Å². The summed E-state index contributed by atoms with van der Waals surface area (Å²) in [5.41, 5.74) is 0.744. The number of amides is 1. The van der Waals surface area contributed by atoms with E-state index in [1.807, 2.05) is 13.8 Å². The van der Waals surface area contributed by atoms with Gasteiger partial charge in [0.1, 0.15) is 5.84 Å². The van der Waals surface area contributed by atoms with Crippen LogP contribution in [-0.2, 0) is 14.3 Å². The first-order chi connectivity index (χ1) is 10.9. The number of nitrogens with zero attached hydrogens (tertiary/aromatic N) is 1. The predicted molar refractivity (Wildman–Crippen MR) is 86.7 cm³/mol. The highest BCUT2D eigenvalue weighted by atomic mass is 35.5. The molecular weight excluding hydrogens is 320 g/mol. The van der Waals surface area contributed by atoms with E-state index in [1.54, 1.807) is 24.3 Å². The average molecular weight is 339 g/mol. The van der Waals surface area contributed by atoms with Gasteiger partial charge in [-0.05, 0) is 36.6 Å². The fraction of sp³-hybridized carbons (Fsp3) is 0.438.